The average molecular weight is 273 g/mol. The quantitative estimate of drug-likeness (QED) is 0.662. The Morgan fingerprint density at radius 1 is 1.16 bits per heavy atom. The molecule has 1 aliphatic rings. The molecule has 0 aliphatic carbocycles. The van der Waals surface area contributed by atoms with E-state index in [1.54, 1.807) is 12.1 Å². The zero-order valence-electron chi connectivity index (χ0n) is 9.92. The highest BCUT2D eigenvalue weighted by Gasteiger charge is 2.13. The summed E-state index contributed by atoms with van der Waals surface area (Å²) in [6, 6.07) is 11.3. The molecular weight excluding hydrogens is 262 g/mol. The Bertz CT molecular complexity index is 636. The average Bonchev–Trinajstić information content (AvgIpc) is 3.02. The van der Waals surface area contributed by atoms with Crippen LogP contribution in [0.25, 0.3) is 0 Å². The lowest BCUT2D eigenvalue weighted by Crippen LogP contribution is -1.99. The highest BCUT2D eigenvalue weighted by molar-refractivity contribution is 7.15. The number of hydrogen-bond donors (Lipinski definition) is 2. The van der Waals surface area contributed by atoms with Gasteiger partial charge in [0.25, 0.3) is 0 Å². The molecule has 1 aromatic carbocycles. The van der Waals surface area contributed by atoms with Gasteiger partial charge in [-0.3, -0.25) is 10.1 Å². The number of hydrogen-bond acceptors (Lipinski definition) is 5. The lowest BCUT2D eigenvalue weighted by Gasteiger charge is -1.98. The first-order valence-electron chi connectivity index (χ1n) is 5.79. The summed E-state index contributed by atoms with van der Waals surface area (Å²) in [5, 5.41) is 17.3. The SMILES string of the molecule is O=[N+]([O-])c1ccc(CC=C2Nc3ccccc3N2)s1. The maximum atomic E-state index is 10.6. The zero-order chi connectivity index (χ0) is 13.2. The number of fused-ring (bicyclic) bond motifs is 1. The minimum atomic E-state index is -0.358. The molecule has 1 aromatic heterocycles. The van der Waals surface area contributed by atoms with Crippen LogP contribution in [0.1, 0.15) is 4.88 Å². The summed E-state index contributed by atoms with van der Waals surface area (Å²) in [5.41, 5.74) is 2.09. The van der Waals surface area contributed by atoms with Gasteiger partial charge in [-0.05, 0) is 24.3 Å². The minimum absolute atomic E-state index is 0.184. The molecule has 6 heteroatoms. The summed E-state index contributed by atoms with van der Waals surface area (Å²) in [7, 11) is 0. The molecule has 3 rings (SSSR count). The number of nitro groups is 1. The Hall–Kier alpha value is -2.34. The van der Waals surface area contributed by atoms with Gasteiger partial charge in [0.1, 0.15) is 5.82 Å². The Morgan fingerprint density at radius 3 is 2.42 bits per heavy atom. The lowest BCUT2D eigenvalue weighted by molar-refractivity contribution is -0.380. The van der Waals surface area contributed by atoms with Crippen molar-refractivity contribution in [2.75, 3.05) is 10.6 Å². The van der Waals surface area contributed by atoms with E-state index in [0.29, 0.717) is 6.42 Å². The molecular formula is C13H11N3O2S. The summed E-state index contributed by atoms with van der Waals surface area (Å²) in [4.78, 5) is 11.2. The molecule has 1 aliphatic heterocycles. The molecule has 0 spiro atoms. The van der Waals surface area contributed by atoms with Crippen molar-refractivity contribution in [2.45, 2.75) is 6.42 Å². The Balaban J connectivity index is 1.70. The fourth-order valence-electron chi connectivity index (χ4n) is 1.90. The van der Waals surface area contributed by atoms with Gasteiger partial charge in [0.05, 0.1) is 16.3 Å². The summed E-state index contributed by atoms with van der Waals surface area (Å²) in [6.07, 6.45) is 2.66. The van der Waals surface area contributed by atoms with Crippen LogP contribution in [0.3, 0.4) is 0 Å². The number of nitrogens with one attached hydrogen (secondary N) is 2. The van der Waals surface area contributed by atoms with E-state index in [2.05, 4.69) is 10.6 Å². The third-order valence-electron chi connectivity index (χ3n) is 2.80. The Kier molecular flexibility index (Phi) is 2.92. The standard InChI is InChI=1S/C13H11N3O2S/c17-16(18)13-8-6-9(19-13)5-7-12-14-10-3-1-2-4-11(10)15-12/h1-4,6-8,14-15H,5H2. The van der Waals surface area contributed by atoms with E-state index < -0.39 is 0 Å². The second kappa shape index (κ2) is 4.74. The monoisotopic (exact) mass is 273 g/mol. The van der Waals surface area contributed by atoms with E-state index >= 15 is 0 Å². The van der Waals surface area contributed by atoms with Crippen molar-refractivity contribution < 1.29 is 4.92 Å². The van der Waals surface area contributed by atoms with Crippen molar-refractivity contribution in [2.24, 2.45) is 0 Å². The first kappa shape index (κ1) is 11.7. The van der Waals surface area contributed by atoms with Gasteiger partial charge >= 0.3 is 5.00 Å². The van der Waals surface area contributed by atoms with Crippen molar-refractivity contribution in [1.29, 1.82) is 0 Å². The summed E-state index contributed by atoms with van der Waals surface area (Å²) in [5.74, 6) is 0.914. The largest absolute Gasteiger partial charge is 0.340 e. The number of rotatable bonds is 3. The molecule has 19 heavy (non-hydrogen) atoms. The van der Waals surface area contributed by atoms with Crippen LogP contribution >= 0.6 is 11.3 Å². The van der Waals surface area contributed by atoms with Gasteiger partial charge < -0.3 is 10.6 Å². The number of benzene rings is 1. The van der Waals surface area contributed by atoms with Crippen LogP contribution < -0.4 is 10.6 Å². The summed E-state index contributed by atoms with van der Waals surface area (Å²) in [6.45, 7) is 0. The van der Waals surface area contributed by atoms with E-state index in [-0.39, 0.29) is 9.92 Å². The van der Waals surface area contributed by atoms with Crippen LogP contribution in [0.4, 0.5) is 16.4 Å². The van der Waals surface area contributed by atoms with Gasteiger partial charge in [-0.15, -0.1) is 0 Å². The van der Waals surface area contributed by atoms with Crippen LogP contribution in [0.15, 0.2) is 48.3 Å². The topological polar surface area (TPSA) is 67.2 Å². The highest BCUT2D eigenvalue weighted by Crippen LogP contribution is 2.30. The molecule has 96 valence electrons. The third-order valence-corrected chi connectivity index (χ3v) is 3.86. The van der Waals surface area contributed by atoms with Gasteiger partial charge in [-0.2, -0.15) is 0 Å². The van der Waals surface area contributed by atoms with Gasteiger partial charge in [0.15, 0.2) is 0 Å². The van der Waals surface area contributed by atoms with Crippen LogP contribution in [0, 0.1) is 10.1 Å². The van der Waals surface area contributed by atoms with Crippen LogP contribution in [-0.4, -0.2) is 4.92 Å². The van der Waals surface area contributed by atoms with E-state index in [1.807, 2.05) is 30.3 Å². The van der Waals surface area contributed by atoms with Gasteiger partial charge in [-0.25, -0.2) is 0 Å². The molecule has 0 bridgehead atoms. The maximum Gasteiger partial charge on any atom is 0.324 e. The fraction of sp³-hybridized carbons (Fsp3) is 0.0769. The second-order valence-electron chi connectivity index (χ2n) is 4.11. The molecule has 0 saturated carbocycles. The van der Waals surface area contributed by atoms with Crippen molar-refractivity contribution in [1.82, 2.24) is 0 Å². The predicted octanol–water partition coefficient (Wildman–Crippen LogP) is 3.58. The van der Waals surface area contributed by atoms with E-state index in [4.69, 9.17) is 0 Å². The van der Waals surface area contributed by atoms with Crippen LogP contribution in [-0.2, 0) is 6.42 Å². The van der Waals surface area contributed by atoms with Crippen LogP contribution in [0.5, 0.6) is 0 Å². The van der Waals surface area contributed by atoms with Crippen molar-refractivity contribution in [3.05, 3.63) is 63.3 Å². The lowest BCUT2D eigenvalue weighted by atomic mass is 10.3. The van der Waals surface area contributed by atoms with Crippen LogP contribution in [0.2, 0.25) is 0 Å². The fourth-order valence-corrected chi connectivity index (χ4v) is 2.68. The smallest absolute Gasteiger partial charge is 0.324 e. The van der Waals surface area contributed by atoms with Gasteiger partial charge in [-0.1, -0.05) is 23.5 Å². The molecule has 0 radical (unpaired) electrons. The number of nitrogens with zero attached hydrogens (tertiary/aromatic N) is 1. The van der Waals surface area contributed by atoms with Gasteiger partial charge in [0, 0.05) is 17.4 Å². The summed E-state index contributed by atoms with van der Waals surface area (Å²) >= 11 is 1.21. The normalized spacial score (nSPS) is 12.5. The Morgan fingerprint density at radius 2 is 1.84 bits per heavy atom. The number of allylic oxidation sites excluding steroid dienone is 1. The highest BCUT2D eigenvalue weighted by atomic mass is 32.1. The van der Waals surface area contributed by atoms with Gasteiger partial charge in [0.2, 0.25) is 0 Å². The molecule has 0 atom stereocenters. The molecule has 0 amide bonds. The van der Waals surface area contributed by atoms with E-state index in [9.17, 15) is 10.1 Å². The number of para-hydroxylation sites is 2. The van der Waals surface area contributed by atoms with E-state index in [1.165, 1.54) is 11.3 Å². The summed E-state index contributed by atoms with van der Waals surface area (Å²) < 4.78 is 0. The molecule has 0 saturated heterocycles. The van der Waals surface area contributed by atoms with Crippen molar-refractivity contribution >= 4 is 27.7 Å². The Labute approximate surface area is 113 Å². The second-order valence-corrected chi connectivity index (χ2v) is 5.26. The molecule has 0 unspecified atom stereocenters. The predicted molar refractivity (Wildman–Crippen MR) is 76.4 cm³/mol. The van der Waals surface area contributed by atoms with Crippen molar-refractivity contribution in [3.8, 4) is 0 Å². The molecule has 2 aromatic rings. The molecule has 2 heterocycles. The first-order chi connectivity index (χ1) is 9.22. The molecule has 2 N–H and O–H groups in total. The number of anilines is 2. The molecule has 0 fully saturated rings. The number of thiophene rings is 1. The third kappa shape index (κ3) is 2.43. The van der Waals surface area contributed by atoms with Crippen molar-refractivity contribution in [3.63, 3.8) is 0 Å². The first-order valence-corrected chi connectivity index (χ1v) is 6.60. The maximum absolute atomic E-state index is 10.6. The molecule has 5 nitrogen and oxygen atoms in total. The zero-order valence-corrected chi connectivity index (χ0v) is 10.7. The van der Waals surface area contributed by atoms with E-state index in [0.717, 1.165) is 22.1 Å². The minimum Gasteiger partial charge on any atom is -0.340 e.